The van der Waals surface area contributed by atoms with E-state index in [1.165, 1.54) is 41.7 Å². The largest absolute Gasteiger partial charge is 0.384 e. The number of rotatable bonds is 4. The molecule has 1 aliphatic heterocycles. The van der Waals surface area contributed by atoms with Gasteiger partial charge in [0.1, 0.15) is 0 Å². The Labute approximate surface area is 119 Å². The zero-order chi connectivity index (χ0) is 13.0. The van der Waals surface area contributed by atoms with Crippen LogP contribution in [0.5, 0.6) is 0 Å². The van der Waals surface area contributed by atoms with E-state index in [2.05, 4.69) is 58.2 Å². The van der Waals surface area contributed by atoms with E-state index in [1.54, 1.807) is 0 Å². The molecule has 1 aromatic carbocycles. The average molecular weight is 311 g/mol. The van der Waals surface area contributed by atoms with Crippen molar-refractivity contribution >= 4 is 21.6 Å². The van der Waals surface area contributed by atoms with Gasteiger partial charge in [0.2, 0.25) is 0 Å². The molecule has 1 N–H and O–H groups in total. The van der Waals surface area contributed by atoms with E-state index in [0.717, 1.165) is 19.0 Å². The molecule has 2 nitrogen and oxygen atoms in total. The third-order valence-electron chi connectivity index (χ3n) is 3.79. The molecular formula is C15H23BrN2. The van der Waals surface area contributed by atoms with Gasteiger partial charge < -0.3 is 10.2 Å². The van der Waals surface area contributed by atoms with Crippen molar-refractivity contribution in [3.63, 3.8) is 0 Å². The Kier molecular flexibility index (Phi) is 5.07. The first-order chi connectivity index (χ1) is 8.65. The second kappa shape index (κ2) is 6.58. The summed E-state index contributed by atoms with van der Waals surface area (Å²) in [5.74, 6) is 0.920. The van der Waals surface area contributed by atoms with Gasteiger partial charge in [-0.05, 0) is 62.5 Å². The summed E-state index contributed by atoms with van der Waals surface area (Å²) in [6, 6.07) is 6.44. The molecule has 1 aromatic rings. The Hall–Kier alpha value is -0.540. The lowest BCUT2D eigenvalue weighted by molar-refractivity contribution is 0.199. The van der Waals surface area contributed by atoms with E-state index in [1.807, 2.05) is 0 Å². The van der Waals surface area contributed by atoms with Gasteiger partial charge in [-0.15, -0.1) is 0 Å². The highest BCUT2D eigenvalue weighted by atomic mass is 79.9. The molecular weight excluding hydrogens is 288 g/mol. The fourth-order valence-electron chi connectivity index (χ4n) is 2.40. The Morgan fingerprint density at radius 1 is 1.33 bits per heavy atom. The molecule has 0 unspecified atom stereocenters. The highest BCUT2D eigenvalue weighted by Crippen LogP contribution is 2.20. The van der Waals surface area contributed by atoms with Crippen LogP contribution in [0.2, 0.25) is 0 Å². The molecule has 0 spiro atoms. The monoisotopic (exact) mass is 310 g/mol. The molecule has 100 valence electrons. The molecule has 0 atom stereocenters. The van der Waals surface area contributed by atoms with E-state index in [0.29, 0.717) is 0 Å². The number of hydrogen-bond donors (Lipinski definition) is 1. The maximum Gasteiger partial charge on any atom is 0.0344 e. The zero-order valence-corrected chi connectivity index (χ0v) is 13.0. The molecule has 1 fully saturated rings. The Bertz CT molecular complexity index is 384. The second-order valence-electron chi connectivity index (χ2n) is 5.41. The number of halogens is 1. The van der Waals surface area contributed by atoms with Gasteiger partial charge in [0.05, 0.1) is 0 Å². The molecule has 0 amide bonds. The summed E-state index contributed by atoms with van der Waals surface area (Å²) in [4.78, 5) is 2.57. The number of benzene rings is 1. The fraction of sp³-hybridized carbons (Fsp3) is 0.600. The summed E-state index contributed by atoms with van der Waals surface area (Å²) < 4.78 is 1.18. The zero-order valence-electron chi connectivity index (χ0n) is 11.4. The van der Waals surface area contributed by atoms with Crippen molar-refractivity contribution in [1.29, 1.82) is 0 Å². The first-order valence-electron chi connectivity index (χ1n) is 6.87. The molecule has 3 heteroatoms. The second-order valence-corrected chi connectivity index (χ2v) is 6.27. The third-order valence-corrected chi connectivity index (χ3v) is 4.68. The number of likely N-dealkylation sites (tertiary alicyclic amines) is 1. The molecule has 18 heavy (non-hydrogen) atoms. The molecule has 0 aromatic heterocycles. The van der Waals surface area contributed by atoms with Crippen LogP contribution in [-0.4, -0.2) is 31.1 Å². The van der Waals surface area contributed by atoms with Crippen LogP contribution < -0.4 is 5.32 Å². The van der Waals surface area contributed by atoms with Gasteiger partial charge in [-0.3, -0.25) is 0 Å². The van der Waals surface area contributed by atoms with Crippen molar-refractivity contribution in [1.82, 2.24) is 4.90 Å². The molecule has 0 radical (unpaired) electrons. The van der Waals surface area contributed by atoms with Gasteiger partial charge in [-0.2, -0.15) is 0 Å². The van der Waals surface area contributed by atoms with Crippen molar-refractivity contribution in [2.45, 2.75) is 26.7 Å². The number of piperidine rings is 1. The Balaban J connectivity index is 1.73. The summed E-state index contributed by atoms with van der Waals surface area (Å²) in [7, 11) is 0. The minimum Gasteiger partial charge on any atom is -0.384 e. The molecule has 2 rings (SSSR count). The number of hydrogen-bond acceptors (Lipinski definition) is 2. The first-order valence-corrected chi connectivity index (χ1v) is 7.67. The average Bonchev–Trinajstić information content (AvgIpc) is 2.36. The molecule has 0 bridgehead atoms. The molecule has 0 aliphatic carbocycles. The Morgan fingerprint density at radius 3 is 2.72 bits per heavy atom. The van der Waals surface area contributed by atoms with Crippen molar-refractivity contribution in [2.75, 3.05) is 31.5 Å². The van der Waals surface area contributed by atoms with Crippen LogP contribution in [0.4, 0.5) is 5.69 Å². The maximum atomic E-state index is 3.53. The van der Waals surface area contributed by atoms with Crippen LogP contribution in [-0.2, 0) is 0 Å². The van der Waals surface area contributed by atoms with E-state index in [9.17, 15) is 0 Å². The van der Waals surface area contributed by atoms with Gasteiger partial charge in [-0.1, -0.05) is 22.9 Å². The van der Waals surface area contributed by atoms with Gasteiger partial charge in [0, 0.05) is 23.2 Å². The van der Waals surface area contributed by atoms with Crippen LogP contribution in [0.25, 0.3) is 0 Å². The number of anilines is 1. The van der Waals surface area contributed by atoms with Gasteiger partial charge >= 0.3 is 0 Å². The van der Waals surface area contributed by atoms with Gasteiger partial charge in [-0.25, -0.2) is 0 Å². The van der Waals surface area contributed by atoms with Crippen molar-refractivity contribution in [3.05, 3.63) is 28.2 Å². The number of nitrogens with one attached hydrogen (secondary N) is 1. The maximum absolute atomic E-state index is 3.53. The fourth-order valence-corrected chi connectivity index (χ4v) is 2.65. The number of nitrogens with zero attached hydrogens (tertiary/aromatic N) is 1. The minimum absolute atomic E-state index is 0.920. The lowest BCUT2D eigenvalue weighted by Gasteiger charge is -2.30. The predicted molar refractivity (Wildman–Crippen MR) is 82.2 cm³/mol. The quantitative estimate of drug-likeness (QED) is 0.907. The van der Waals surface area contributed by atoms with Gasteiger partial charge in [0.15, 0.2) is 0 Å². The smallest absolute Gasteiger partial charge is 0.0344 e. The van der Waals surface area contributed by atoms with Crippen LogP contribution in [0.15, 0.2) is 22.7 Å². The van der Waals surface area contributed by atoms with Crippen LogP contribution in [0, 0.1) is 12.8 Å². The molecule has 1 aliphatic rings. The molecule has 1 saturated heterocycles. The SMILES string of the molecule is Cc1cc(NCCN2CCC(C)CC2)ccc1Br. The van der Waals surface area contributed by atoms with E-state index >= 15 is 0 Å². The van der Waals surface area contributed by atoms with Crippen LogP contribution >= 0.6 is 15.9 Å². The summed E-state index contributed by atoms with van der Waals surface area (Å²) in [6.07, 6.45) is 2.72. The molecule has 0 saturated carbocycles. The highest BCUT2D eigenvalue weighted by molar-refractivity contribution is 9.10. The highest BCUT2D eigenvalue weighted by Gasteiger charge is 2.14. The topological polar surface area (TPSA) is 15.3 Å². The van der Waals surface area contributed by atoms with Crippen LogP contribution in [0.1, 0.15) is 25.3 Å². The summed E-state index contributed by atoms with van der Waals surface area (Å²) in [6.45, 7) is 9.21. The summed E-state index contributed by atoms with van der Waals surface area (Å²) >= 11 is 3.53. The van der Waals surface area contributed by atoms with Crippen molar-refractivity contribution in [3.8, 4) is 0 Å². The minimum atomic E-state index is 0.920. The van der Waals surface area contributed by atoms with Crippen molar-refractivity contribution < 1.29 is 0 Å². The van der Waals surface area contributed by atoms with E-state index in [4.69, 9.17) is 0 Å². The first kappa shape index (κ1) is 13.9. The Morgan fingerprint density at radius 2 is 2.06 bits per heavy atom. The lowest BCUT2D eigenvalue weighted by Crippen LogP contribution is -2.36. The van der Waals surface area contributed by atoms with E-state index in [-0.39, 0.29) is 0 Å². The standard InChI is InChI=1S/C15H23BrN2/c1-12-5-8-18(9-6-12)10-7-17-14-3-4-15(16)13(2)11-14/h3-4,11-12,17H,5-10H2,1-2H3. The molecule has 1 heterocycles. The van der Waals surface area contributed by atoms with Crippen LogP contribution in [0.3, 0.4) is 0 Å². The summed E-state index contributed by atoms with van der Waals surface area (Å²) in [5, 5.41) is 3.51. The van der Waals surface area contributed by atoms with E-state index < -0.39 is 0 Å². The predicted octanol–water partition coefficient (Wildman–Crippen LogP) is 3.90. The summed E-state index contributed by atoms with van der Waals surface area (Å²) in [5.41, 5.74) is 2.51. The third kappa shape index (κ3) is 3.99. The van der Waals surface area contributed by atoms with Gasteiger partial charge in [0.25, 0.3) is 0 Å². The van der Waals surface area contributed by atoms with Crippen molar-refractivity contribution in [2.24, 2.45) is 5.92 Å². The normalized spacial score (nSPS) is 17.9. The lowest BCUT2D eigenvalue weighted by atomic mass is 9.99. The number of aryl methyl sites for hydroxylation is 1.